The number of carbonyl (C=O) groups is 1. The molecule has 1 heterocycles. The Labute approximate surface area is 150 Å². The van der Waals surface area contributed by atoms with Gasteiger partial charge in [0.1, 0.15) is 11.9 Å². The summed E-state index contributed by atoms with van der Waals surface area (Å²) in [6, 6.07) is 14.9. The Morgan fingerprint density at radius 2 is 1.96 bits per heavy atom. The van der Waals surface area contributed by atoms with Crippen molar-refractivity contribution in [1.82, 2.24) is 14.9 Å². The Morgan fingerprint density at radius 1 is 1.19 bits per heavy atom. The smallest absolute Gasteiger partial charge is 0.407 e. The highest BCUT2D eigenvalue weighted by Crippen LogP contribution is 2.23. The van der Waals surface area contributed by atoms with Gasteiger partial charge in [0.05, 0.1) is 23.1 Å². The maximum absolute atomic E-state index is 13.2. The Morgan fingerprint density at radius 3 is 2.69 bits per heavy atom. The average molecular weight is 349 g/mol. The van der Waals surface area contributed by atoms with Gasteiger partial charge in [-0.1, -0.05) is 30.3 Å². The van der Waals surface area contributed by atoms with Crippen LogP contribution in [0.2, 0.25) is 0 Å². The number of benzene rings is 2. The highest BCUT2D eigenvalue weighted by atomic mass is 16.6. The van der Waals surface area contributed by atoms with Crippen molar-refractivity contribution in [3.63, 3.8) is 0 Å². The molecule has 2 aromatic carbocycles. The van der Waals surface area contributed by atoms with E-state index in [2.05, 4.69) is 10.3 Å². The molecule has 4 rings (SSSR count). The van der Waals surface area contributed by atoms with Gasteiger partial charge < -0.3 is 10.1 Å². The molecule has 0 atom stereocenters. The number of fused-ring (bicyclic) bond motifs is 1. The third kappa shape index (κ3) is 3.18. The topological polar surface area (TPSA) is 73.2 Å². The zero-order valence-electron chi connectivity index (χ0n) is 14.4. The van der Waals surface area contributed by atoms with Gasteiger partial charge in [-0.05, 0) is 43.5 Å². The summed E-state index contributed by atoms with van der Waals surface area (Å²) in [5, 5.41) is 3.29. The molecule has 0 unspecified atom stereocenters. The van der Waals surface area contributed by atoms with Crippen molar-refractivity contribution in [3.8, 4) is 5.69 Å². The lowest BCUT2D eigenvalue weighted by Crippen LogP contribution is -2.31. The van der Waals surface area contributed by atoms with Crippen LogP contribution in [0, 0.1) is 6.92 Å². The summed E-state index contributed by atoms with van der Waals surface area (Å²) in [5.74, 6) is 0.465. The first-order valence-corrected chi connectivity index (χ1v) is 8.64. The van der Waals surface area contributed by atoms with E-state index in [1.807, 2.05) is 55.5 Å². The van der Waals surface area contributed by atoms with Crippen LogP contribution in [0.25, 0.3) is 16.6 Å². The van der Waals surface area contributed by atoms with Crippen LogP contribution in [0.5, 0.6) is 0 Å². The molecule has 26 heavy (non-hydrogen) atoms. The number of carbonyl (C=O) groups excluding carboxylic acids is 1. The van der Waals surface area contributed by atoms with Gasteiger partial charge in [0, 0.05) is 0 Å². The molecule has 1 aliphatic carbocycles. The molecule has 0 aliphatic heterocycles. The molecule has 1 N–H and O–H groups in total. The van der Waals surface area contributed by atoms with Crippen molar-refractivity contribution in [1.29, 1.82) is 0 Å². The molecule has 0 radical (unpaired) electrons. The average Bonchev–Trinajstić information content (AvgIpc) is 3.44. The predicted molar refractivity (Wildman–Crippen MR) is 98.4 cm³/mol. The largest absolute Gasteiger partial charge is 0.446 e. The van der Waals surface area contributed by atoms with Crippen LogP contribution in [-0.4, -0.2) is 21.7 Å². The van der Waals surface area contributed by atoms with Crippen LogP contribution < -0.4 is 10.9 Å². The summed E-state index contributed by atoms with van der Waals surface area (Å²) in [6.07, 6.45) is 1.37. The summed E-state index contributed by atoms with van der Waals surface area (Å²) < 4.78 is 6.75. The van der Waals surface area contributed by atoms with E-state index in [1.165, 1.54) is 0 Å². The Bertz CT molecular complexity index is 1020. The number of nitrogens with zero attached hydrogens (tertiary/aromatic N) is 2. The number of alkyl carbamates (subject to hydrolysis) is 1. The Balaban J connectivity index is 1.79. The quantitative estimate of drug-likeness (QED) is 0.785. The van der Waals surface area contributed by atoms with Gasteiger partial charge in [-0.15, -0.1) is 0 Å². The van der Waals surface area contributed by atoms with Crippen LogP contribution in [-0.2, 0) is 11.3 Å². The minimum Gasteiger partial charge on any atom is -0.446 e. The number of aryl methyl sites for hydroxylation is 1. The van der Waals surface area contributed by atoms with E-state index in [1.54, 1.807) is 4.57 Å². The fourth-order valence-corrected chi connectivity index (χ4v) is 2.93. The number of rotatable bonds is 4. The lowest BCUT2D eigenvalue weighted by Gasteiger charge is -2.15. The summed E-state index contributed by atoms with van der Waals surface area (Å²) in [4.78, 5) is 29.7. The number of ether oxygens (including phenoxy) is 1. The lowest BCUT2D eigenvalue weighted by atomic mass is 10.1. The monoisotopic (exact) mass is 349 g/mol. The molecule has 1 amide bonds. The molecule has 1 aliphatic rings. The summed E-state index contributed by atoms with van der Waals surface area (Å²) in [5.41, 5.74) is 2.06. The highest BCUT2D eigenvalue weighted by Gasteiger charge is 2.26. The SMILES string of the molecule is Cc1cccc2nc(CNC(=O)OC3CC3)n(-c3ccccc3)c(=O)c12. The van der Waals surface area contributed by atoms with Gasteiger partial charge >= 0.3 is 6.09 Å². The third-order valence-corrected chi connectivity index (χ3v) is 4.38. The van der Waals surface area contributed by atoms with Crippen molar-refractivity contribution < 1.29 is 9.53 Å². The molecule has 6 nitrogen and oxygen atoms in total. The first kappa shape index (κ1) is 16.3. The molecule has 1 saturated carbocycles. The van der Waals surface area contributed by atoms with Gasteiger partial charge in [-0.3, -0.25) is 9.36 Å². The first-order chi connectivity index (χ1) is 12.6. The molecular weight excluding hydrogens is 330 g/mol. The van der Waals surface area contributed by atoms with E-state index in [0.29, 0.717) is 22.4 Å². The third-order valence-electron chi connectivity index (χ3n) is 4.38. The zero-order chi connectivity index (χ0) is 18.1. The Kier molecular flexibility index (Phi) is 4.16. The minimum absolute atomic E-state index is 0.0264. The fraction of sp³-hybridized carbons (Fsp3) is 0.250. The molecule has 132 valence electrons. The van der Waals surface area contributed by atoms with Crippen LogP contribution in [0.15, 0.2) is 53.3 Å². The van der Waals surface area contributed by atoms with E-state index in [9.17, 15) is 9.59 Å². The van der Waals surface area contributed by atoms with Crippen molar-refractivity contribution in [3.05, 3.63) is 70.3 Å². The van der Waals surface area contributed by atoms with E-state index >= 15 is 0 Å². The van der Waals surface area contributed by atoms with E-state index in [4.69, 9.17) is 4.74 Å². The number of nitrogens with one attached hydrogen (secondary N) is 1. The number of hydrogen-bond donors (Lipinski definition) is 1. The number of amides is 1. The number of hydrogen-bond acceptors (Lipinski definition) is 4. The summed E-state index contributed by atoms with van der Waals surface area (Å²) in [6.45, 7) is 2.01. The molecule has 0 spiro atoms. The second-order valence-electron chi connectivity index (χ2n) is 6.43. The van der Waals surface area contributed by atoms with Crippen molar-refractivity contribution in [2.45, 2.75) is 32.4 Å². The lowest BCUT2D eigenvalue weighted by molar-refractivity contribution is 0.138. The van der Waals surface area contributed by atoms with Gasteiger partial charge in [0.2, 0.25) is 0 Å². The molecule has 1 aromatic heterocycles. The van der Waals surface area contributed by atoms with Crippen molar-refractivity contribution >= 4 is 17.0 Å². The summed E-state index contributed by atoms with van der Waals surface area (Å²) >= 11 is 0. The van der Waals surface area contributed by atoms with Crippen molar-refractivity contribution in [2.24, 2.45) is 0 Å². The van der Waals surface area contributed by atoms with E-state index in [-0.39, 0.29) is 18.2 Å². The Hall–Kier alpha value is -3.15. The maximum atomic E-state index is 13.2. The van der Waals surface area contributed by atoms with Crippen molar-refractivity contribution in [2.75, 3.05) is 0 Å². The molecule has 0 bridgehead atoms. The molecular formula is C20H19N3O3. The van der Waals surface area contributed by atoms with Gasteiger partial charge in [-0.25, -0.2) is 9.78 Å². The fourth-order valence-electron chi connectivity index (χ4n) is 2.93. The van der Waals surface area contributed by atoms with Gasteiger partial charge in [0.15, 0.2) is 0 Å². The molecule has 1 fully saturated rings. The highest BCUT2D eigenvalue weighted by molar-refractivity contribution is 5.81. The first-order valence-electron chi connectivity index (χ1n) is 8.64. The minimum atomic E-state index is -0.481. The molecule has 0 saturated heterocycles. The zero-order valence-corrected chi connectivity index (χ0v) is 14.4. The van der Waals surface area contributed by atoms with Crippen LogP contribution in [0.1, 0.15) is 24.2 Å². The second kappa shape index (κ2) is 6.63. The van der Waals surface area contributed by atoms with Gasteiger partial charge in [-0.2, -0.15) is 0 Å². The second-order valence-corrected chi connectivity index (χ2v) is 6.43. The normalized spacial score (nSPS) is 13.6. The number of aromatic nitrogens is 2. The van der Waals surface area contributed by atoms with Crippen LogP contribution in [0.3, 0.4) is 0 Å². The molecule has 6 heteroatoms. The standard InChI is InChI=1S/C20H19N3O3/c1-13-6-5-9-16-18(13)19(24)23(14-7-3-2-4-8-14)17(22-16)12-21-20(25)26-15-10-11-15/h2-9,15H,10-12H2,1H3,(H,21,25). The predicted octanol–water partition coefficient (Wildman–Crippen LogP) is 3.08. The van der Waals surface area contributed by atoms with Gasteiger partial charge in [0.25, 0.3) is 5.56 Å². The van der Waals surface area contributed by atoms with E-state index in [0.717, 1.165) is 18.4 Å². The number of para-hydroxylation sites is 1. The summed E-state index contributed by atoms with van der Waals surface area (Å²) in [7, 11) is 0. The van der Waals surface area contributed by atoms with Crippen LogP contribution >= 0.6 is 0 Å². The molecule has 3 aromatic rings. The maximum Gasteiger partial charge on any atom is 0.407 e. The van der Waals surface area contributed by atoms with E-state index < -0.39 is 6.09 Å². The van der Waals surface area contributed by atoms with Crippen LogP contribution in [0.4, 0.5) is 4.79 Å².